The largest absolute Gasteiger partial charge is 0.382 e. The number of hydrogen-bond donors (Lipinski definition) is 0. The van der Waals surface area contributed by atoms with Gasteiger partial charge in [-0.1, -0.05) is 86.6 Å². The second kappa shape index (κ2) is 10.5. The standard InChI is InChI=1S/C31H30O6S2/c1-3-21-38(32,33)36-25-17-13-23(14-18-25)31(24-15-19-26(20-16-24)37-39(34,35)22-4-2)29-11-7-5-9-27(29)28-10-6-8-12-30(28)31/h5-20H,3-4,21-22H2,1-2H3. The van der Waals surface area contributed by atoms with Gasteiger partial charge in [0.25, 0.3) is 0 Å². The zero-order valence-electron chi connectivity index (χ0n) is 21.8. The Balaban J connectivity index is 1.67. The molecular formula is C31H30O6S2. The maximum atomic E-state index is 12.2. The molecule has 0 bridgehead atoms. The Morgan fingerprint density at radius 2 is 0.897 bits per heavy atom. The lowest BCUT2D eigenvalue weighted by atomic mass is 9.68. The Labute approximate surface area is 230 Å². The average molecular weight is 563 g/mol. The van der Waals surface area contributed by atoms with E-state index in [2.05, 4.69) is 24.3 Å². The van der Waals surface area contributed by atoms with E-state index in [9.17, 15) is 16.8 Å². The first-order valence-corrected chi connectivity index (χ1v) is 16.1. The van der Waals surface area contributed by atoms with Gasteiger partial charge in [0, 0.05) is 0 Å². The third-order valence-electron chi connectivity index (χ3n) is 6.88. The summed E-state index contributed by atoms with van der Waals surface area (Å²) in [7, 11) is -7.34. The van der Waals surface area contributed by atoms with Crippen LogP contribution in [-0.2, 0) is 25.7 Å². The van der Waals surface area contributed by atoms with Crippen molar-refractivity contribution in [2.45, 2.75) is 32.1 Å². The van der Waals surface area contributed by atoms with Crippen LogP contribution in [0.5, 0.6) is 11.5 Å². The van der Waals surface area contributed by atoms with E-state index in [0.717, 1.165) is 33.4 Å². The second-order valence-corrected chi connectivity index (χ2v) is 13.0. The van der Waals surface area contributed by atoms with Crippen molar-refractivity contribution in [3.8, 4) is 22.6 Å². The van der Waals surface area contributed by atoms with Crippen molar-refractivity contribution in [2.24, 2.45) is 0 Å². The summed E-state index contributed by atoms with van der Waals surface area (Å²) in [6, 6.07) is 30.7. The topological polar surface area (TPSA) is 86.7 Å². The molecule has 202 valence electrons. The van der Waals surface area contributed by atoms with Gasteiger partial charge in [0.05, 0.1) is 16.9 Å². The zero-order valence-corrected chi connectivity index (χ0v) is 23.5. The molecule has 0 fully saturated rings. The van der Waals surface area contributed by atoms with E-state index >= 15 is 0 Å². The minimum atomic E-state index is -3.67. The molecule has 1 aliphatic rings. The summed E-state index contributed by atoms with van der Waals surface area (Å²) in [6.07, 6.45) is 0.938. The minimum Gasteiger partial charge on any atom is -0.382 e. The van der Waals surface area contributed by atoms with E-state index in [1.54, 1.807) is 38.1 Å². The average Bonchev–Trinajstić information content (AvgIpc) is 3.20. The van der Waals surface area contributed by atoms with E-state index in [1.807, 2.05) is 48.5 Å². The van der Waals surface area contributed by atoms with Gasteiger partial charge in [0.1, 0.15) is 11.5 Å². The fourth-order valence-corrected chi connectivity index (χ4v) is 7.40. The molecule has 0 heterocycles. The van der Waals surface area contributed by atoms with Gasteiger partial charge in [-0.2, -0.15) is 16.8 Å². The van der Waals surface area contributed by atoms with Crippen LogP contribution in [0.2, 0.25) is 0 Å². The molecule has 4 aromatic carbocycles. The predicted molar refractivity (Wildman–Crippen MR) is 153 cm³/mol. The van der Waals surface area contributed by atoms with E-state index in [-0.39, 0.29) is 23.0 Å². The van der Waals surface area contributed by atoms with E-state index < -0.39 is 25.7 Å². The smallest absolute Gasteiger partial charge is 0.309 e. The highest BCUT2D eigenvalue weighted by molar-refractivity contribution is 7.87. The van der Waals surface area contributed by atoms with Gasteiger partial charge in [0.15, 0.2) is 0 Å². The van der Waals surface area contributed by atoms with Gasteiger partial charge >= 0.3 is 20.2 Å². The summed E-state index contributed by atoms with van der Waals surface area (Å²) in [5.41, 5.74) is 5.47. The maximum absolute atomic E-state index is 12.2. The first-order valence-electron chi connectivity index (χ1n) is 12.9. The molecule has 39 heavy (non-hydrogen) atoms. The van der Waals surface area contributed by atoms with Crippen LogP contribution in [0.15, 0.2) is 97.1 Å². The highest BCUT2D eigenvalue weighted by Gasteiger charge is 2.45. The highest BCUT2D eigenvalue weighted by Crippen LogP contribution is 2.56. The normalized spacial score (nSPS) is 13.9. The Kier molecular flexibility index (Phi) is 7.27. The fraction of sp³-hybridized carbons (Fsp3) is 0.226. The van der Waals surface area contributed by atoms with Gasteiger partial charge in [0.2, 0.25) is 0 Å². The van der Waals surface area contributed by atoms with Crippen molar-refractivity contribution in [1.82, 2.24) is 0 Å². The quantitative estimate of drug-likeness (QED) is 0.186. The van der Waals surface area contributed by atoms with Crippen LogP contribution in [0.4, 0.5) is 0 Å². The van der Waals surface area contributed by atoms with Gasteiger partial charge in [-0.15, -0.1) is 0 Å². The van der Waals surface area contributed by atoms with Crippen LogP contribution in [0.25, 0.3) is 11.1 Å². The van der Waals surface area contributed by atoms with Crippen LogP contribution in [0, 0.1) is 0 Å². The molecule has 0 spiro atoms. The Morgan fingerprint density at radius 1 is 0.538 bits per heavy atom. The molecule has 4 aromatic rings. The molecule has 0 amide bonds. The van der Waals surface area contributed by atoms with Crippen molar-refractivity contribution in [2.75, 3.05) is 11.5 Å². The summed E-state index contributed by atoms with van der Waals surface area (Å²) < 4.78 is 59.6. The number of hydrogen-bond acceptors (Lipinski definition) is 6. The third-order valence-corrected chi connectivity index (χ3v) is 9.59. The van der Waals surface area contributed by atoms with Crippen molar-refractivity contribution in [1.29, 1.82) is 0 Å². The molecule has 1 aliphatic carbocycles. The van der Waals surface area contributed by atoms with Gasteiger partial charge in [-0.05, 0) is 70.5 Å². The molecule has 0 saturated heterocycles. The number of benzene rings is 4. The fourth-order valence-electron chi connectivity index (χ4n) is 5.42. The molecule has 0 N–H and O–H groups in total. The van der Waals surface area contributed by atoms with Crippen molar-refractivity contribution < 1.29 is 25.2 Å². The number of rotatable bonds is 10. The molecule has 0 aromatic heterocycles. The molecule has 5 rings (SSSR count). The predicted octanol–water partition coefficient (Wildman–Crippen LogP) is 6.29. The van der Waals surface area contributed by atoms with Crippen LogP contribution in [-0.4, -0.2) is 28.3 Å². The van der Waals surface area contributed by atoms with Gasteiger partial charge < -0.3 is 8.37 Å². The molecule has 0 aliphatic heterocycles. The lowest BCUT2D eigenvalue weighted by molar-refractivity contribution is 0.483. The number of fused-ring (bicyclic) bond motifs is 3. The molecule has 0 unspecified atom stereocenters. The van der Waals surface area contributed by atoms with Crippen LogP contribution >= 0.6 is 0 Å². The molecule has 0 saturated carbocycles. The van der Waals surface area contributed by atoms with Gasteiger partial charge in [-0.25, -0.2) is 0 Å². The third kappa shape index (κ3) is 5.06. The first-order chi connectivity index (χ1) is 18.7. The van der Waals surface area contributed by atoms with Crippen molar-refractivity contribution in [3.63, 3.8) is 0 Å². The Hall–Kier alpha value is -3.62. The summed E-state index contributed by atoms with van der Waals surface area (Å²) in [4.78, 5) is 0. The van der Waals surface area contributed by atoms with E-state index in [0.29, 0.717) is 12.8 Å². The van der Waals surface area contributed by atoms with Crippen LogP contribution < -0.4 is 8.37 Å². The molecular weight excluding hydrogens is 532 g/mol. The lowest BCUT2D eigenvalue weighted by Crippen LogP contribution is -2.28. The van der Waals surface area contributed by atoms with Crippen molar-refractivity contribution >= 4 is 20.2 Å². The Bertz CT molecular complexity index is 1560. The maximum Gasteiger partial charge on any atom is 0.309 e. The molecule has 0 radical (unpaired) electrons. The van der Waals surface area contributed by atoms with Gasteiger partial charge in [-0.3, -0.25) is 0 Å². The summed E-state index contributed by atoms with van der Waals surface area (Å²) in [5, 5.41) is 0. The second-order valence-electron chi connectivity index (χ2n) is 9.58. The molecule has 0 atom stereocenters. The summed E-state index contributed by atoms with van der Waals surface area (Å²) >= 11 is 0. The zero-order chi connectivity index (χ0) is 27.7. The SMILES string of the molecule is CCCS(=O)(=O)Oc1ccc(C2(c3ccc(OS(=O)(=O)CCC)cc3)c3ccccc3-c3ccccc32)cc1. The lowest BCUT2D eigenvalue weighted by Gasteiger charge is -2.34. The Morgan fingerprint density at radius 3 is 1.26 bits per heavy atom. The summed E-state index contributed by atoms with van der Waals surface area (Å²) in [6.45, 7) is 3.58. The first kappa shape index (κ1) is 27.0. The summed E-state index contributed by atoms with van der Waals surface area (Å²) in [5.74, 6) is 0.405. The van der Waals surface area contributed by atoms with Crippen molar-refractivity contribution in [3.05, 3.63) is 119 Å². The monoisotopic (exact) mass is 562 g/mol. The van der Waals surface area contributed by atoms with Crippen LogP contribution in [0.3, 0.4) is 0 Å². The van der Waals surface area contributed by atoms with E-state index in [4.69, 9.17) is 8.37 Å². The molecule has 8 heteroatoms. The minimum absolute atomic E-state index is 0.0537. The highest BCUT2D eigenvalue weighted by atomic mass is 32.2. The van der Waals surface area contributed by atoms with Crippen LogP contribution in [0.1, 0.15) is 48.9 Å². The van der Waals surface area contributed by atoms with E-state index in [1.165, 1.54) is 0 Å². The molecule has 6 nitrogen and oxygen atoms in total.